The number of fused-ring (bicyclic) bond motifs is 4. The number of pyridine rings is 1. The number of aromatic nitrogens is 6. The highest BCUT2D eigenvalue weighted by Crippen LogP contribution is 2.38. The maximum absolute atomic E-state index is 6.47. The molecule has 0 atom stereocenters. The maximum Gasteiger partial charge on any atom is 0.164 e. The molecule has 5 aromatic carbocycles. The van der Waals surface area contributed by atoms with Gasteiger partial charge in [-0.3, -0.25) is 0 Å². The molecule has 4 heterocycles. The molecule has 220 valence electrons. The van der Waals surface area contributed by atoms with Gasteiger partial charge in [0.25, 0.3) is 0 Å². The van der Waals surface area contributed by atoms with E-state index in [0.717, 1.165) is 60.8 Å². The average molecular weight is 605 g/mol. The summed E-state index contributed by atoms with van der Waals surface area (Å²) < 4.78 is 6.47. The molecule has 0 aliphatic rings. The predicted molar refractivity (Wildman–Crippen MR) is 185 cm³/mol. The zero-order valence-electron chi connectivity index (χ0n) is 24.9. The smallest absolute Gasteiger partial charge is 0.164 e. The molecular weight excluding hydrogens is 580 g/mol. The molecule has 0 unspecified atom stereocenters. The van der Waals surface area contributed by atoms with Crippen LogP contribution in [0.1, 0.15) is 0 Å². The van der Waals surface area contributed by atoms with E-state index in [1.165, 1.54) is 0 Å². The van der Waals surface area contributed by atoms with Gasteiger partial charge in [0.2, 0.25) is 0 Å². The summed E-state index contributed by atoms with van der Waals surface area (Å²) in [5.74, 6) is 2.37. The van der Waals surface area contributed by atoms with Gasteiger partial charge in [-0.15, -0.1) is 0 Å². The molecule has 7 heteroatoms. The number of hydrogen-bond donors (Lipinski definition) is 0. The Balaban J connectivity index is 1.22. The van der Waals surface area contributed by atoms with Crippen LogP contribution < -0.4 is 0 Å². The number of benzene rings is 5. The van der Waals surface area contributed by atoms with Crippen molar-refractivity contribution in [3.8, 4) is 56.8 Å². The van der Waals surface area contributed by atoms with E-state index in [0.29, 0.717) is 28.9 Å². The Bertz CT molecular complexity index is 2510. The number of furan rings is 1. The summed E-state index contributed by atoms with van der Waals surface area (Å²) in [7, 11) is 0. The second-order valence-corrected chi connectivity index (χ2v) is 11.2. The van der Waals surface area contributed by atoms with Gasteiger partial charge in [0, 0.05) is 50.2 Å². The van der Waals surface area contributed by atoms with E-state index < -0.39 is 0 Å². The van der Waals surface area contributed by atoms with E-state index in [2.05, 4.69) is 23.2 Å². The van der Waals surface area contributed by atoms with Gasteiger partial charge in [-0.05, 0) is 30.3 Å². The molecule has 0 spiro atoms. The van der Waals surface area contributed by atoms with Crippen LogP contribution in [-0.4, -0.2) is 29.9 Å². The summed E-state index contributed by atoms with van der Waals surface area (Å²) in [6, 6.07) is 46.1. The first-order valence-electron chi connectivity index (χ1n) is 15.3. The van der Waals surface area contributed by atoms with E-state index in [1.54, 1.807) is 6.20 Å². The average Bonchev–Trinajstić information content (AvgIpc) is 3.53. The molecule has 9 aromatic rings. The molecular formula is C40H24N6O. The zero-order valence-corrected chi connectivity index (χ0v) is 24.9. The second kappa shape index (κ2) is 11.1. The molecule has 0 fully saturated rings. The molecule has 0 saturated carbocycles. The maximum atomic E-state index is 6.47. The first kappa shape index (κ1) is 26.8. The van der Waals surface area contributed by atoms with Crippen molar-refractivity contribution in [2.24, 2.45) is 0 Å². The van der Waals surface area contributed by atoms with Gasteiger partial charge in [-0.1, -0.05) is 109 Å². The predicted octanol–water partition coefficient (Wildman–Crippen LogP) is 9.44. The highest BCUT2D eigenvalue weighted by molar-refractivity contribution is 6.12. The fourth-order valence-corrected chi connectivity index (χ4v) is 5.99. The molecule has 0 aliphatic heterocycles. The summed E-state index contributed by atoms with van der Waals surface area (Å²) in [6.45, 7) is 0. The molecule has 47 heavy (non-hydrogen) atoms. The Kier molecular flexibility index (Phi) is 6.31. The molecule has 0 bridgehead atoms. The van der Waals surface area contributed by atoms with E-state index >= 15 is 0 Å². The lowest BCUT2D eigenvalue weighted by atomic mass is 10.0. The van der Waals surface area contributed by atoms with Crippen LogP contribution in [0.3, 0.4) is 0 Å². The van der Waals surface area contributed by atoms with Gasteiger partial charge in [-0.25, -0.2) is 29.9 Å². The monoisotopic (exact) mass is 604 g/mol. The molecule has 0 N–H and O–H groups in total. The van der Waals surface area contributed by atoms with Crippen LogP contribution in [0.4, 0.5) is 0 Å². The SMILES string of the molecule is c1ccc(-c2nc(-c3ccccc3)nc(-c3cccc4oc5cc(-c6nc(-c7ccccc7)c7cccnc7n6)ccc5c34)n2)cc1. The lowest BCUT2D eigenvalue weighted by Gasteiger charge is -2.09. The van der Waals surface area contributed by atoms with Crippen molar-refractivity contribution < 1.29 is 4.42 Å². The third kappa shape index (κ3) is 4.78. The Hall–Kier alpha value is -6.60. The summed E-state index contributed by atoms with van der Waals surface area (Å²) in [5.41, 5.74) is 7.48. The Morgan fingerprint density at radius 3 is 1.74 bits per heavy atom. The van der Waals surface area contributed by atoms with Crippen LogP contribution in [0.2, 0.25) is 0 Å². The standard InChI is InChI=1S/C40H24N6O/c1-4-12-25(13-5-1)35-31-19-11-23-41-39(31)44-38(42-35)28-21-22-29-33(24-28)47-32-20-10-18-30(34(29)32)40-45-36(26-14-6-2-7-15-26)43-37(46-40)27-16-8-3-9-17-27/h1-24H. The highest BCUT2D eigenvalue weighted by atomic mass is 16.3. The number of hydrogen-bond acceptors (Lipinski definition) is 7. The summed E-state index contributed by atoms with van der Waals surface area (Å²) in [4.78, 5) is 29.2. The van der Waals surface area contributed by atoms with Gasteiger partial charge in [0.15, 0.2) is 28.9 Å². The van der Waals surface area contributed by atoms with Crippen LogP contribution >= 0.6 is 0 Å². The Labute approximate surface area is 269 Å². The van der Waals surface area contributed by atoms with Gasteiger partial charge < -0.3 is 4.42 Å². The van der Waals surface area contributed by atoms with Crippen molar-refractivity contribution in [3.63, 3.8) is 0 Å². The van der Waals surface area contributed by atoms with Crippen molar-refractivity contribution >= 4 is 33.0 Å². The largest absolute Gasteiger partial charge is 0.456 e. The lowest BCUT2D eigenvalue weighted by Crippen LogP contribution is -2.00. The van der Waals surface area contributed by atoms with Gasteiger partial charge in [0.1, 0.15) is 11.2 Å². The first-order valence-corrected chi connectivity index (χ1v) is 15.3. The summed E-state index contributed by atoms with van der Waals surface area (Å²) in [5, 5.41) is 2.79. The van der Waals surface area contributed by atoms with Gasteiger partial charge in [-0.2, -0.15) is 0 Å². The third-order valence-electron chi connectivity index (χ3n) is 8.21. The van der Waals surface area contributed by atoms with Crippen LogP contribution in [-0.2, 0) is 0 Å². The third-order valence-corrected chi connectivity index (χ3v) is 8.21. The van der Waals surface area contributed by atoms with Gasteiger partial charge in [0.05, 0.1) is 5.69 Å². The summed E-state index contributed by atoms with van der Waals surface area (Å²) in [6.07, 6.45) is 1.76. The Morgan fingerprint density at radius 2 is 1.04 bits per heavy atom. The quantitative estimate of drug-likeness (QED) is 0.193. The minimum absolute atomic E-state index is 0.575. The molecule has 0 radical (unpaired) electrons. The normalized spacial score (nSPS) is 11.4. The number of rotatable bonds is 5. The molecule has 4 aromatic heterocycles. The van der Waals surface area contributed by atoms with Crippen molar-refractivity contribution in [3.05, 3.63) is 146 Å². The highest BCUT2D eigenvalue weighted by Gasteiger charge is 2.19. The minimum Gasteiger partial charge on any atom is -0.456 e. The van der Waals surface area contributed by atoms with Crippen molar-refractivity contribution in [1.82, 2.24) is 29.9 Å². The van der Waals surface area contributed by atoms with E-state index in [9.17, 15) is 0 Å². The van der Waals surface area contributed by atoms with Crippen LogP contribution in [0.25, 0.3) is 89.8 Å². The fourth-order valence-electron chi connectivity index (χ4n) is 5.99. The van der Waals surface area contributed by atoms with Crippen LogP contribution in [0, 0.1) is 0 Å². The van der Waals surface area contributed by atoms with Crippen LogP contribution in [0.5, 0.6) is 0 Å². The van der Waals surface area contributed by atoms with E-state index in [1.807, 2.05) is 121 Å². The lowest BCUT2D eigenvalue weighted by molar-refractivity contribution is 0.669. The number of nitrogens with zero attached hydrogens (tertiary/aromatic N) is 6. The van der Waals surface area contributed by atoms with Crippen molar-refractivity contribution in [2.45, 2.75) is 0 Å². The van der Waals surface area contributed by atoms with E-state index in [4.69, 9.17) is 29.3 Å². The molecule has 0 aliphatic carbocycles. The molecule has 7 nitrogen and oxygen atoms in total. The van der Waals surface area contributed by atoms with Crippen molar-refractivity contribution in [1.29, 1.82) is 0 Å². The topological polar surface area (TPSA) is 90.5 Å². The molecule has 9 rings (SSSR count). The minimum atomic E-state index is 0.575. The second-order valence-electron chi connectivity index (χ2n) is 11.2. The Morgan fingerprint density at radius 1 is 0.404 bits per heavy atom. The van der Waals surface area contributed by atoms with Gasteiger partial charge >= 0.3 is 0 Å². The molecule has 0 saturated heterocycles. The first-order chi connectivity index (χ1) is 23.3. The van der Waals surface area contributed by atoms with Crippen LogP contribution in [0.15, 0.2) is 150 Å². The molecule has 0 amide bonds. The van der Waals surface area contributed by atoms with Crippen molar-refractivity contribution in [2.75, 3.05) is 0 Å². The summed E-state index contributed by atoms with van der Waals surface area (Å²) >= 11 is 0. The zero-order chi connectivity index (χ0) is 31.2. The fraction of sp³-hybridized carbons (Fsp3) is 0. The van der Waals surface area contributed by atoms with E-state index in [-0.39, 0.29) is 0 Å².